The Morgan fingerprint density at radius 2 is 1.83 bits per heavy atom. The molecule has 0 aromatic carbocycles. The summed E-state index contributed by atoms with van der Waals surface area (Å²) in [6, 6.07) is 0. The van der Waals surface area contributed by atoms with Gasteiger partial charge in [0.05, 0.1) is 0 Å². The molecule has 0 nitrogen and oxygen atoms in total. The molecule has 0 saturated carbocycles. The van der Waals surface area contributed by atoms with Crippen molar-refractivity contribution in [2.45, 2.75) is 47.5 Å². The Bertz CT molecular complexity index is 131. The molecule has 0 bridgehead atoms. The first-order chi connectivity index (χ1) is 5.45. The quantitative estimate of drug-likeness (QED) is 0.538. The molecule has 0 radical (unpaired) electrons. The molecule has 0 aromatic heterocycles. The minimum absolute atomic E-state index is 0.421. The van der Waals surface area contributed by atoms with Gasteiger partial charge in [-0.1, -0.05) is 47.1 Å². The third-order valence-corrected chi connectivity index (χ3v) is 2.92. The maximum atomic E-state index is 3.82. The molecule has 0 N–H and O–H groups in total. The van der Waals surface area contributed by atoms with Gasteiger partial charge in [0.2, 0.25) is 0 Å². The van der Waals surface area contributed by atoms with Crippen molar-refractivity contribution in [3.8, 4) is 0 Å². The number of hydrogen-bond donors (Lipinski definition) is 0. The smallest absolute Gasteiger partial charge is 0.0289 e. The van der Waals surface area contributed by atoms with Crippen molar-refractivity contribution in [3.05, 3.63) is 12.7 Å². The summed E-state index contributed by atoms with van der Waals surface area (Å²) < 4.78 is 0. The Kier molecular flexibility index (Phi) is 4.59. The zero-order valence-corrected chi connectivity index (χ0v) is 9.35. The largest absolute Gasteiger partial charge is 0.103 e. The molecular weight excluding hydrogens is 144 g/mol. The second kappa shape index (κ2) is 4.69. The Morgan fingerprint density at radius 3 is 2.08 bits per heavy atom. The van der Waals surface area contributed by atoms with Crippen molar-refractivity contribution in [3.63, 3.8) is 0 Å². The fraction of sp³-hybridized carbons (Fsp3) is 0.833. The molecule has 0 aliphatic carbocycles. The molecule has 0 aromatic rings. The molecule has 0 heteroatoms. The van der Waals surface area contributed by atoms with E-state index in [9.17, 15) is 0 Å². The van der Waals surface area contributed by atoms with Gasteiger partial charge in [0.15, 0.2) is 0 Å². The predicted molar refractivity (Wildman–Crippen MR) is 57.2 cm³/mol. The Hall–Kier alpha value is -0.260. The summed E-state index contributed by atoms with van der Waals surface area (Å²) in [5.41, 5.74) is 0.421. The van der Waals surface area contributed by atoms with E-state index in [1.807, 2.05) is 6.08 Å². The third kappa shape index (κ3) is 3.00. The van der Waals surface area contributed by atoms with Crippen LogP contribution in [0.4, 0.5) is 0 Å². The number of allylic oxidation sites excluding steroid dienone is 1. The predicted octanol–water partition coefficient (Wildman–Crippen LogP) is 4.27. The summed E-state index contributed by atoms with van der Waals surface area (Å²) in [6.45, 7) is 15.4. The van der Waals surface area contributed by atoms with E-state index in [4.69, 9.17) is 0 Å². The van der Waals surface area contributed by atoms with Gasteiger partial charge in [-0.15, -0.1) is 6.58 Å². The van der Waals surface area contributed by atoms with Crippen molar-refractivity contribution < 1.29 is 0 Å². The van der Waals surface area contributed by atoms with Crippen LogP contribution in [0, 0.1) is 17.3 Å². The average molecular weight is 168 g/mol. The van der Waals surface area contributed by atoms with Gasteiger partial charge in [-0.2, -0.15) is 0 Å². The minimum atomic E-state index is 0.421. The van der Waals surface area contributed by atoms with Gasteiger partial charge in [-0.25, -0.2) is 0 Å². The highest BCUT2D eigenvalue weighted by molar-refractivity contribution is 4.86. The molecule has 0 heterocycles. The van der Waals surface area contributed by atoms with Crippen LogP contribution in [0.2, 0.25) is 0 Å². The molecule has 0 unspecified atom stereocenters. The molecule has 0 aliphatic rings. The van der Waals surface area contributed by atoms with E-state index in [-0.39, 0.29) is 0 Å². The van der Waals surface area contributed by atoms with E-state index in [0.29, 0.717) is 5.41 Å². The van der Waals surface area contributed by atoms with E-state index in [2.05, 4.69) is 41.2 Å². The highest BCUT2D eigenvalue weighted by Gasteiger charge is 2.28. The van der Waals surface area contributed by atoms with Crippen molar-refractivity contribution in [2.75, 3.05) is 0 Å². The van der Waals surface area contributed by atoms with Gasteiger partial charge >= 0.3 is 0 Å². The van der Waals surface area contributed by atoms with Crippen molar-refractivity contribution in [2.24, 2.45) is 17.3 Å². The molecule has 0 rings (SSSR count). The SMILES string of the molecule is C=CCC(C)(C)[C@@H](CC)C(C)C. The van der Waals surface area contributed by atoms with Crippen molar-refractivity contribution >= 4 is 0 Å². The topological polar surface area (TPSA) is 0 Å². The fourth-order valence-electron chi connectivity index (χ4n) is 2.45. The zero-order valence-electron chi connectivity index (χ0n) is 9.35. The summed E-state index contributed by atoms with van der Waals surface area (Å²) >= 11 is 0. The van der Waals surface area contributed by atoms with Crippen LogP contribution in [0.3, 0.4) is 0 Å². The molecule has 1 atom stereocenters. The standard InChI is InChI=1S/C12H24/c1-7-9-12(5,6)11(8-2)10(3)4/h7,10-11H,1,8-9H2,2-6H3/t11-/m0/s1. The van der Waals surface area contributed by atoms with Gasteiger partial charge in [0, 0.05) is 0 Å². The molecule has 12 heavy (non-hydrogen) atoms. The minimum Gasteiger partial charge on any atom is -0.103 e. The maximum Gasteiger partial charge on any atom is -0.0289 e. The molecule has 0 saturated heterocycles. The summed E-state index contributed by atoms with van der Waals surface area (Å²) in [5.74, 6) is 1.60. The van der Waals surface area contributed by atoms with Crippen LogP contribution >= 0.6 is 0 Å². The van der Waals surface area contributed by atoms with Gasteiger partial charge in [-0.3, -0.25) is 0 Å². The second-order valence-corrected chi connectivity index (χ2v) is 4.74. The normalized spacial score (nSPS) is 14.8. The highest BCUT2D eigenvalue weighted by atomic mass is 14.3. The van der Waals surface area contributed by atoms with Crippen molar-refractivity contribution in [1.82, 2.24) is 0 Å². The first-order valence-electron chi connectivity index (χ1n) is 5.06. The van der Waals surface area contributed by atoms with Crippen LogP contribution < -0.4 is 0 Å². The average Bonchev–Trinajstić information content (AvgIpc) is 1.86. The lowest BCUT2D eigenvalue weighted by atomic mass is 9.70. The summed E-state index contributed by atoms with van der Waals surface area (Å²) in [7, 11) is 0. The van der Waals surface area contributed by atoms with Crippen LogP contribution in [-0.2, 0) is 0 Å². The zero-order chi connectivity index (χ0) is 9.78. The lowest BCUT2D eigenvalue weighted by Gasteiger charge is -2.36. The number of rotatable bonds is 5. The molecule has 0 spiro atoms. The van der Waals surface area contributed by atoms with Gasteiger partial charge < -0.3 is 0 Å². The van der Waals surface area contributed by atoms with Crippen LogP contribution in [0.15, 0.2) is 12.7 Å². The Labute approximate surface area is 78.1 Å². The third-order valence-electron chi connectivity index (χ3n) is 2.92. The monoisotopic (exact) mass is 168 g/mol. The molecule has 0 aliphatic heterocycles. The summed E-state index contributed by atoms with van der Waals surface area (Å²) in [4.78, 5) is 0. The summed E-state index contributed by atoms with van der Waals surface area (Å²) in [6.07, 6.45) is 4.45. The van der Waals surface area contributed by atoms with Gasteiger partial charge in [0.25, 0.3) is 0 Å². The lowest BCUT2D eigenvalue weighted by molar-refractivity contribution is 0.153. The summed E-state index contributed by atoms with van der Waals surface area (Å²) in [5, 5.41) is 0. The van der Waals surface area contributed by atoms with Crippen molar-refractivity contribution in [1.29, 1.82) is 0 Å². The van der Waals surface area contributed by atoms with Crippen LogP contribution in [0.5, 0.6) is 0 Å². The van der Waals surface area contributed by atoms with E-state index in [0.717, 1.165) is 18.3 Å². The lowest BCUT2D eigenvalue weighted by Crippen LogP contribution is -2.27. The van der Waals surface area contributed by atoms with Gasteiger partial charge in [-0.05, 0) is 23.7 Å². The Morgan fingerprint density at radius 1 is 1.33 bits per heavy atom. The fourth-order valence-corrected chi connectivity index (χ4v) is 2.45. The van der Waals surface area contributed by atoms with Crippen LogP contribution in [-0.4, -0.2) is 0 Å². The van der Waals surface area contributed by atoms with E-state index < -0.39 is 0 Å². The molecular formula is C12H24. The molecule has 0 amide bonds. The van der Waals surface area contributed by atoms with E-state index in [1.54, 1.807) is 0 Å². The maximum absolute atomic E-state index is 3.82. The molecule has 72 valence electrons. The second-order valence-electron chi connectivity index (χ2n) is 4.74. The van der Waals surface area contributed by atoms with Crippen LogP contribution in [0.25, 0.3) is 0 Å². The van der Waals surface area contributed by atoms with E-state index in [1.165, 1.54) is 6.42 Å². The van der Waals surface area contributed by atoms with Crippen LogP contribution in [0.1, 0.15) is 47.5 Å². The Balaban J connectivity index is 4.35. The van der Waals surface area contributed by atoms with E-state index >= 15 is 0 Å². The highest BCUT2D eigenvalue weighted by Crippen LogP contribution is 2.37. The van der Waals surface area contributed by atoms with Gasteiger partial charge in [0.1, 0.15) is 0 Å². The number of hydrogen-bond acceptors (Lipinski definition) is 0. The first kappa shape index (κ1) is 11.7. The molecule has 0 fully saturated rings. The first-order valence-corrected chi connectivity index (χ1v) is 5.06.